The fourth-order valence-electron chi connectivity index (χ4n) is 7.85. The first-order chi connectivity index (χ1) is 27.7. The molecule has 0 unspecified atom stereocenters. The van der Waals surface area contributed by atoms with E-state index in [4.69, 9.17) is 23.8 Å². The average molecular weight is 718 g/mol. The van der Waals surface area contributed by atoms with Gasteiger partial charge in [0.05, 0.1) is 0 Å². The molecule has 11 aromatic rings. The SMILES string of the molecule is c1ccc(-c2ccc(-c3nc(-c4ccccc4)nc(-c4ccc5c(c4)oc4ccc(-c6ccccc6-c6cccc7oc8ccccc8c67)cc45)n3)cc2)cc1. The second-order valence-electron chi connectivity index (χ2n) is 14.0. The molecule has 0 saturated heterocycles. The monoisotopic (exact) mass is 717 g/mol. The minimum absolute atomic E-state index is 0.582. The molecule has 0 atom stereocenters. The Morgan fingerprint density at radius 2 is 0.786 bits per heavy atom. The Morgan fingerprint density at radius 1 is 0.268 bits per heavy atom. The number of nitrogens with zero attached hydrogens (tertiary/aromatic N) is 3. The third-order valence-electron chi connectivity index (χ3n) is 10.6. The van der Waals surface area contributed by atoms with E-state index in [0.29, 0.717) is 17.5 Å². The largest absolute Gasteiger partial charge is 0.456 e. The van der Waals surface area contributed by atoms with Crippen molar-refractivity contribution in [1.29, 1.82) is 0 Å². The molecule has 0 spiro atoms. The third kappa shape index (κ3) is 5.45. The Labute approximate surface area is 322 Å². The number of hydrogen-bond donors (Lipinski definition) is 0. The molecule has 0 amide bonds. The second kappa shape index (κ2) is 13.0. The Morgan fingerprint density at radius 3 is 1.57 bits per heavy atom. The van der Waals surface area contributed by atoms with E-state index in [1.54, 1.807) is 0 Å². The molecule has 0 fully saturated rings. The number of fused-ring (bicyclic) bond motifs is 6. The van der Waals surface area contributed by atoms with Gasteiger partial charge in [0.15, 0.2) is 17.5 Å². The van der Waals surface area contributed by atoms with E-state index in [0.717, 1.165) is 93.9 Å². The van der Waals surface area contributed by atoms with Gasteiger partial charge in [-0.1, -0.05) is 152 Å². The maximum absolute atomic E-state index is 6.52. The highest BCUT2D eigenvalue weighted by Crippen LogP contribution is 2.42. The van der Waals surface area contributed by atoms with E-state index in [2.05, 4.69) is 127 Å². The summed E-state index contributed by atoms with van der Waals surface area (Å²) in [7, 11) is 0. The third-order valence-corrected chi connectivity index (χ3v) is 10.6. The number of benzene rings is 8. The minimum atomic E-state index is 0.582. The van der Waals surface area contributed by atoms with Crippen molar-refractivity contribution in [2.75, 3.05) is 0 Å². The molecule has 262 valence electrons. The van der Waals surface area contributed by atoms with E-state index < -0.39 is 0 Å². The Balaban J connectivity index is 1.00. The van der Waals surface area contributed by atoms with Crippen LogP contribution in [0.4, 0.5) is 0 Å². The molecule has 0 aliphatic heterocycles. The molecular weight excluding hydrogens is 687 g/mol. The Hall–Kier alpha value is -7.63. The number of rotatable bonds is 6. The van der Waals surface area contributed by atoms with Crippen LogP contribution in [-0.2, 0) is 0 Å². The van der Waals surface area contributed by atoms with Crippen molar-refractivity contribution >= 4 is 43.9 Å². The van der Waals surface area contributed by atoms with Crippen LogP contribution in [0.25, 0.3) is 111 Å². The van der Waals surface area contributed by atoms with Gasteiger partial charge in [-0.15, -0.1) is 0 Å². The lowest BCUT2D eigenvalue weighted by Gasteiger charge is -2.11. The van der Waals surface area contributed by atoms with Crippen molar-refractivity contribution in [1.82, 2.24) is 15.0 Å². The molecule has 0 aliphatic carbocycles. The molecule has 0 N–H and O–H groups in total. The van der Waals surface area contributed by atoms with Crippen molar-refractivity contribution in [3.8, 4) is 67.5 Å². The van der Waals surface area contributed by atoms with Crippen LogP contribution in [-0.4, -0.2) is 15.0 Å². The van der Waals surface area contributed by atoms with Crippen LogP contribution >= 0.6 is 0 Å². The van der Waals surface area contributed by atoms with Gasteiger partial charge in [0, 0.05) is 38.2 Å². The summed E-state index contributed by atoms with van der Waals surface area (Å²) in [5.74, 6) is 1.81. The lowest BCUT2D eigenvalue weighted by atomic mass is 9.91. The molecule has 5 heteroatoms. The molecule has 3 aromatic heterocycles. The summed E-state index contributed by atoms with van der Waals surface area (Å²) < 4.78 is 12.8. The quantitative estimate of drug-likeness (QED) is 0.171. The van der Waals surface area contributed by atoms with Crippen LogP contribution in [0.2, 0.25) is 0 Å². The zero-order valence-electron chi connectivity index (χ0n) is 30.1. The first-order valence-corrected chi connectivity index (χ1v) is 18.7. The maximum atomic E-state index is 6.52. The predicted octanol–water partition coefficient (Wildman–Crippen LogP) is 13.7. The topological polar surface area (TPSA) is 65.0 Å². The van der Waals surface area contributed by atoms with Gasteiger partial charge in [0.25, 0.3) is 0 Å². The van der Waals surface area contributed by atoms with Gasteiger partial charge in [-0.05, 0) is 69.8 Å². The van der Waals surface area contributed by atoms with Crippen molar-refractivity contribution in [2.45, 2.75) is 0 Å². The molecule has 0 bridgehead atoms. The van der Waals surface area contributed by atoms with E-state index >= 15 is 0 Å². The van der Waals surface area contributed by atoms with Crippen molar-refractivity contribution in [3.05, 3.63) is 188 Å². The van der Waals surface area contributed by atoms with E-state index in [9.17, 15) is 0 Å². The van der Waals surface area contributed by atoms with E-state index in [1.807, 2.05) is 60.7 Å². The van der Waals surface area contributed by atoms with Gasteiger partial charge in [-0.3, -0.25) is 0 Å². The highest BCUT2D eigenvalue weighted by molar-refractivity contribution is 6.14. The van der Waals surface area contributed by atoms with Crippen LogP contribution < -0.4 is 0 Å². The maximum Gasteiger partial charge on any atom is 0.164 e. The molecule has 11 rings (SSSR count). The fourth-order valence-corrected chi connectivity index (χ4v) is 7.85. The molecule has 0 saturated carbocycles. The van der Waals surface area contributed by atoms with Gasteiger partial charge < -0.3 is 8.83 Å². The summed E-state index contributed by atoms with van der Waals surface area (Å²) in [6, 6.07) is 64.6. The molecule has 3 heterocycles. The zero-order chi connectivity index (χ0) is 37.0. The molecule has 8 aromatic carbocycles. The molecule has 56 heavy (non-hydrogen) atoms. The fraction of sp³-hybridized carbons (Fsp3) is 0. The summed E-state index contributed by atoms with van der Waals surface area (Å²) in [4.78, 5) is 14.9. The van der Waals surface area contributed by atoms with E-state index in [1.165, 1.54) is 0 Å². The lowest BCUT2D eigenvalue weighted by molar-refractivity contribution is 0.668. The van der Waals surface area contributed by atoms with Crippen LogP contribution in [0.15, 0.2) is 197 Å². The van der Waals surface area contributed by atoms with Crippen LogP contribution in [0.1, 0.15) is 0 Å². The summed E-state index contributed by atoms with van der Waals surface area (Å²) in [5, 5.41) is 4.31. The average Bonchev–Trinajstić information content (AvgIpc) is 3.85. The summed E-state index contributed by atoms with van der Waals surface area (Å²) in [5.41, 5.74) is 12.9. The van der Waals surface area contributed by atoms with Gasteiger partial charge in [-0.2, -0.15) is 0 Å². The standard InChI is InChI=1S/C51H31N3O2/c1-3-12-32(13-4-1)33-22-24-35(25-23-33)50-52-49(34-14-5-2-6-15-34)53-51(54-50)37-26-28-40-43-30-36(27-29-45(43)56-47(40)31-37)38-16-7-8-17-39(38)41-19-11-21-46-48(41)42-18-9-10-20-44(42)55-46/h1-31H. The first-order valence-electron chi connectivity index (χ1n) is 18.7. The molecule has 5 nitrogen and oxygen atoms in total. The molecule has 0 radical (unpaired) electrons. The normalized spacial score (nSPS) is 11.6. The summed E-state index contributed by atoms with van der Waals surface area (Å²) >= 11 is 0. The summed E-state index contributed by atoms with van der Waals surface area (Å²) in [6.07, 6.45) is 0. The highest BCUT2D eigenvalue weighted by atomic mass is 16.3. The smallest absolute Gasteiger partial charge is 0.164 e. The number of aromatic nitrogens is 3. The van der Waals surface area contributed by atoms with E-state index in [-0.39, 0.29) is 0 Å². The van der Waals surface area contributed by atoms with Crippen molar-refractivity contribution in [3.63, 3.8) is 0 Å². The zero-order valence-corrected chi connectivity index (χ0v) is 30.1. The van der Waals surface area contributed by atoms with Crippen molar-refractivity contribution in [2.24, 2.45) is 0 Å². The van der Waals surface area contributed by atoms with Gasteiger partial charge in [0.1, 0.15) is 22.3 Å². The van der Waals surface area contributed by atoms with Crippen LogP contribution in [0, 0.1) is 0 Å². The van der Waals surface area contributed by atoms with Crippen LogP contribution in [0.3, 0.4) is 0 Å². The van der Waals surface area contributed by atoms with Gasteiger partial charge in [0.2, 0.25) is 0 Å². The molecule has 0 aliphatic rings. The van der Waals surface area contributed by atoms with Gasteiger partial charge >= 0.3 is 0 Å². The Bertz CT molecular complexity index is 3240. The van der Waals surface area contributed by atoms with Gasteiger partial charge in [-0.25, -0.2) is 15.0 Å². The number of para-hydroxylation sites is 1. The summed E-state index contributed by atoms with van der Waals surface area (Å²) in [6.45, 7) is 0. The molecular formula is C51H31N3O2. The predicted molar refractivity (Wildman–Crippen MR) is 227 cm³/mol. The van der Waals surface area contributed by atoms with Crippen LogP contribution in [0.5, 0.6) is 0 Å². The van der Waals surface area contributed by atoms with Crippen molar-refractivity contribution < 1.29 is 8.83 Å². The minimum Gasteiger partial charge on any atom is -0.456 e. The highest BCUT2D eigenvalue weighted by Gasteiger charge is 2.18. The number of hydrogen-bond acceptors (Lipinski definition) is 5. The first kappa shape index (κ1) is 31.9. The Kier molecular flexibility index (Phi) is 7.42. The lowest BCUT2D eigenvalue weighted by Crippen LogP contribution is -2.00. The number of furan rings is 2. The second-order valence-corrected chi connectivity index (χ2v) is 14.0.